The van der Waals surface area contributed by atoms with Gasteiger partial charge in [0.2, 0.25) is 0 Å². The summed E-state index contributed by atoms with van der Waals surface area (Å²) in [7, 11) is 0. The average Bonchev–Trinajstić information content (AvgIpc) is 2.98. The van der Waals surface area contributed by atoms with Crippen LogP contribution in [0.4, 0.5) is 0 Å². The van der Waals surface area contributed by atoms with Crippen molar-refractivity contribution in [2.75, 3.05) is 19.8 Å². The second-order valence-electron chi connectivity index (χ2n) is 5.57. The van der Waals surface area contributed by atoms with Gasteiger partial charge in [0.15, 0.2) is 0 Å². The molecule has 5 nitrogen and oxygen atoms in total. The normalized spacial score (nSPS) is 28.6. The van der Waals surface area contributed by atoms with Crippen LogP contribution in [0.3, 0.4) is 0 Å². The van der Waals surface area contributed by atoms with Crippen LogP contribution >= 0.6 is 0 Å². The molecule has 1 aromatic rings. The molecule has 2 atom stereocenters. The maximum absolute atomic E-state index is 5.69. The van der Waals surface area contributed by atoms with Crippen LogP contribution in [0.5, 0.6) is 0 Å². The van der Waals surface area contributed by atoms with E-state index in [4.69, 9.17) is 10.5 Å². The molecule has 1 saturated carbocycles. The van der Waals surface area contributed by atoms with Crippen LogP contribution in [0, 0.1) is 5.92 Å². The highest BCUT2D eigenvalue weighted by Crippen LogP contribution is 2.44. The van der Waals surface area contributed by atoms with Gasteiger partial charge in [-0.15, -0.1) is 5.10 Å². The number of ether oxygens (including phenoxy) is 1. The molecule has 2 unspecified atom stereocenters. The Morgan fingerprint density at radius 2 is 2.11 bits per heavy atom. The van der Waals surface area contributed by atoms with Crippen LogP contribution in [-0.4, -0.2) is 34.8 Å². The molecule has 0 aromatic carbocycles. The van der Waals surface area contributed by atoms with Crippen molar-refractivity contribution in [2.45, 2.75) is 44.6 Å². The fourth-order valence-corrected chi connectivity index (χ4v) is 2.93. The van der Waals surface area contributed by atoms with Gasteiger partial charge in [-0.3, -0.25) is 0 Å². The van der Waals surface area contributed by atoms with Crippen molar-refractivity contribution < 1.29 is 4.74 Å². The number of hydrogen-bond donors (Lipinski definition) is 1. The zero-order chi connectivity index (χ0) is 12.5. The van der Waals surface area contributed by atoms with E-state index < -0.39 is 0 Å². The highest BCUT2D eigenvalue weighted by molar-refractivity contribution is 5.19. The van der Waals surface area contributed by atoms with E-state index in [-0.39, 0.29) is 0 Å². The molecule has 5 heteroatoms. The fourth-order valence-electron chi connectivity index (χ4n) is 2.93. The lowest BCUT2D eigenvalue weighted by Gasteiger charge is -2.23. The van der Waals surface area contributed by atoms with Crippen molar-refractivity contribution in [1.82, 2.24) is 15.0 Å². The summed E-state index contributed by atoms with van der Waals surface area (Å²) in [6, 6.07) is 0.571. The number of rotatable bonds is 4. The third-order valence-corrected chi connectivity index (χ3v) is 4.17. The summed E-state index contributed by atoms with van der Waals surface area (Å²) in [6.45, 7) is 4.65. The highest BCUT2D eigenvalue weighted by Gasteiger charge is 2.39. The molecule has 1 aliphatic carbocycles. The van der Waals surface area contributed by atoms with E-state index in [9.17, 15) is 0 Å². The summed E-state index contributed by atoms with van der Waals surface area (Å²) in [5.74, 6) is 1.30. The first kappa shape index (κ1) is 12.1. The lowest BCUT2D eigenvalue weighted by molar-refractivity contribution is 0.0832. The van der Waals surface area contributed by atoms with Gasteiger partial charge in [0, 0.05) is 25.6 Å². The number of nitrogens with two attached hydrogens (primary N) is 1. The standard InChI is InChI=1S/C13H22N4O/c1-9-8-12(9)17-13(10-3-6-18-7-4-10)11(2-5-14)15-16-17/h9-10,12H,2-8,14H2,1H3. The molecule has 0 spiro atoms. The first-order valence-electron chi connectivity index (χ1n) is 7.03. The van der Waals surface area contributed by atoms with Gasteiger partial charge in [-0.05, 0) is 31.7 Å². The average molecular weight is 250 g/mol. The third kappa shape index (κ3) is 2.17. The lowest BCUT2D eigenvalue weighted by Crippen LogP contribution is -2.19. The number of hydrogen-bond acceptors (Lipinski definition) is 4. The smallest absolute Gasteiger partial charge is 0.0874 e. The van der Waals surface area contributed by atoms with E-state index in [0.717, 1.165) is 44.1 Å². The minimum atomic E-state index is 0.558. The minimum Gasteiger partial charge on any atom is -0.381 e. The van der Waals surface area contributed by atoms with Crippen LogP contribution < -0.4 is 5.73 Å². The van der Waals surface area contributed by atoms with Crippen LogP contribution in [0.2, 0.25) is 0 Å². The van der Waals surface area contributed by atoms with Gasteiger partial charge in [-0.1, -0.05) is 12.1 Å². The van der Waals surface area contributed by atoms with Crippen LogP contribution in [0.25, 0.3) is 0 Å². The predicted molar refractivity (Wildman–Crippen MR) is 68.4 cm³/mol. The Morgan fingerprint density at radius 1 is 1.39 bits per heavy atom. The van der Waals surface area contributed by atoms with Crippen molar-refractivity contribution in [3.8, 4) is 0 Å². The highest BCUT2D eigenvalue weighted by atomic mass is 16.5. The maximum atomic E-state index is 5.69. The molecule has 0 bridgehead atoms. The van der Waals surface area contributed by atoms with E-state index in [1.165, 1.54) is 12.1 Å². The van der Waals surface area contributed by atoms with Gasteiger partial charge in [0.05, 0.1) is 17.4 Å². The van der Waals surface area contributed by atoms with Crippen LogP contribution in [-0.2, 0) is 11.2 Å². The Labute approximate surface area is 108 Å². The second kappa shape index (κ2) is 4.97. The Kier molecular flexibility index (Phi) is 3.35. The third-order valence-electron chi connectivity index (χ3n) is 4.17. The topological polar surface area (TPSA) is 66.0 Å². The van der Waals surface area contributed by atoms with Crippen molar-refractivity contribution in [3.63, 3.8) is 0 Å². The Morgan fingerprint density at radius 3 is 2.72 bits per heavy atom. The molecule has 2 fully saturated rings. The summed E-state index contributed by atoms with van der Waals surface area (Å²) >= 11 is 0. The van der Waals surface area contributed by atoms with Gasteiger partial charge in [-0.2, -0.15) is 0 Å². The number of nitrogens with zero attached hydrogens (tertiary/aromatic N) is 3. The van der Waals surface area contributed by atoms with Gasteiger partial charge < -0.3 is 10.5 Å². The molecule has 2 N–H and O–H groups in total. The van der Waals surface area contributed by atoms with Gasteiger partial charge in [0.1, 0.15) is 0 Å². The van der Waals surface area contributed by atoms with Crippen molar-refractivity contribution in [3.05, 3.63) is 11.4 Å². The predicted octanol–water partition coefficient (Wildman–Crippen LogP) is 1.25. The number of aromatic nitrogens is 3. The van der Waals surface area contributed by atoms with E-state index >= 15 is 0 Å². The minimum absolute atomic E-state index is 0.558. The summed E-state index contributed by atoms with van der Waals surface area (Å²) in [5.41, 5.74) is 8.15. The quantitative estimate of drug-likeness (QED) is 0.873. The molecule has 100 valence electrons. The van der Waals surface area contributed by atoms with Crippen LogP contribution in [0.1, 0.15) is 49.5 Å². The molecule has 18 heavy (non-hydrogen) atoms. The monoisotopic (exact) mass is 250 g/mol. The molecule has 1 saturated heterocycles. The summed E-state index contributed by atoms with van der Waals surface area (Å²) < 4.78 is 7.65. The lowest BCUT2D eigenvalue weighted by atomic mass is 9.94. The molecular weight excluding hydrogens is 228 g/mol. The molecule has 3 rings (SSSR count). The van der Waals surface area contributed by atoms with Crippen molar-refractivity contribution in [1.29, 1.82) is 0 Å². The summed E-state index contributed by atoms with van der Waals surface area (Å²) in [5, 5.41) is 8.76. The second-order valence-corrected chi connectivity index (χ2v) is 5.57. The van der Waals surface area contributed by atoms with Gasteiger partial charge >= 0.3 is 0 Å². The van der Waals surface area contributed by atoms with E-state index in [1.54, 1.807) is 0 Å². The zero-order valence-electron chi connectivity index (χ0n) is 11.0. The molecule has 2 heterocycles. The largest absolute Gasteiger partial charge is 0.381 e. The Hall–Kier alpha value is -0.940. The van der Waals surface area contributed by atoms with E-state index in [2.05, 4.69) is 21.9 Å². The molecule has 1 aromatic heterocycles. The molecule has 1 aliphatic heterocycles. The van der Waals surface area contributed by atoms with Gasteiger partial charge in [-0.25, -0.2) is 4.68 Å². The Bertz CT molecular complexity index is 411. The van der Waals surface area contributed by atoms with E-state index in [1.807, 2.05) is 0 Å². The molecule has 2 aliphatic rings. The molecular formula is C13H22N4O. The fraction of sp³-hybridized carbons (Fsp3) is 0.846. The maximum Gasteiger partial charge on any atom is 0.0874 e. The van der Waals surface area contributed by atoms with Crippen molar-refractivity contribution >= 4 is 0 Å². The van der Waals surface area contributed by atoms with Gasteiger partial charge in [0.25, 0.3) is 0 Å². The summed E-state index contributed by atoms with van der Waals surface area (Å²) in [4.78, 5) is 0. The molecule has 0 radical (unpaired) electrons. The summed E-state index contributed by atoms with van der Waals surface area (Å²) in [6.07, 6.45) is 4.26. The Balaban J connectivity index is 1.89. The SMILES string of the molecule is CC1CC1n1nnc(CCN)c1C1CCOCC1. The zero-order valence-corrected chi connectivity index (χ0v) is 11.0. The first-order valence-corrected chi connectivity index (χ1v) is 7.03. The van der Waals surface area contributed by atoms with E-state index in [0.29, 0.717) is 18.5 Å². The van der Waals surface area contributed by atoms with Crippen LogP contribution in [0.15, 0.2) is 0 Å². The first-order chi connectivity index (χ1) is 8.81. The van der Waals surface area contributed by atoms with Crippen molar-refractivity contribution in [2.24, 2.45) is 11.7 Å². The molecule has 0 amide bonds.